The molecule has 6 nitrogen and oxygen atoms in total. The number of amides is 1. The Bertz CT molecular complexity index is 1450. The van der Waals surface area contributed by atoms with Crippen molar-refractivity contribution in [3.63, 3.8) is 0 Å². The number of hydrogen-bond acceptors (Lipinski definition) is 5. The summed E-state index contributed by atoms with van der Waals surface area (Å²) in [5.41, 5.74) is 5.69. The van der Waals surface area contributed by atoms with Gasteiger partial charge in [-0.1, -0.05) is 34.4 Å². The van der Waals surface area contributed by atoms with Crippen molar-refractivity contribution in [3.05, 3.63) is 63.7 Å². The van der Waals surface area contributed by atoms with Crippen molar-refractivity contribution in [2.24, 2.45) is 0 Å². The van der Waals surface area contributed by atoms with Crippen molar-refractivity contribution in [3.8, 4) is 11.1 Å². The van der Waals surface area contributed by atoms with Gasteiger partial charge in [-0.2, -0.15) is 11.8 Å². The molecule has 4 heterocycles. The monoisotopic (exact) mass is 540 g/mol. The topological polar surface area (TPSA) is 64.2 Å². The van der Waals surface area contributed by atoms with E-state index in [0.717, 1.165) is 57.3 Å². The van der Waals surface area contributed by atoms with Crippen LogP contribution in [-0.2, 0) is 4.79 Å². The first-order chi connectivity index (χ1) is 17.4. The van der Waals surface area contributed by atoms with E-state index in [-0.39, 0.29) is 11.9 Å². The number of thioether (sulfide) groups is 1. The van der Waals surface area contributed by atoms with E-state index in [2.05, 4.69) is 27.9 Å². The van der Waals surface area contributed by atoms with Gasteiger partial charge in [-0.3, -0.25) is 4.79 Å². The van der Waals surface area contributed by atoms with E-state index < -0.39 is 0 Å². The van der Waals surface area contributed by atoms with Crippen LogP contribution in [0.25, 0.3) is 22.2 Å². The van der Waals surface area contributed by atoms with Gasteiger partial charge in [-0.25, -0.2) is 4.98 Å². The van der Waals surface area contributed by atoms with Crippen molar-refractivity contribution < 1.29 is 9.32 Å². The Hall–Kier alpha value is -2.48. The molecule has 1 unspecified atom stereocenters. The number of rotatable bonds is 4. The zero-order valence-corrected chi connectivity index (χ0v) is 22.5. The van der Waals surface area contributed by atoms with Crippen LogP contribution in [0, 0.1) is 13.8 Å². The summed E-state index contributed by atoms with van der Waals surface area (Å²) >= 11 is 14.5. The molecule has 0 bridgehead atoms. The lowest BCUT2D eigenvalue weighted by atomic mass is 10.0. The van der Waals surface area contributed by atoms with E-state index >= 15 is 0 Å². The van der Waals surface area contributed by atoms with Crippen LogP contribution in [0.15, 0.2) is 40.9 Å². The second-order valence-electron chi connectivity index (χ2n) is 9.53. The summed E-state index contributed by atoms with van der Waals surface area (Å²) in [5, 5.41) is 5.04. The van der Waals surface area contributed by atoms with Gasteiger partial charge in [-0.15, -0.1) is 0 Å². The number of aryl methyl sites for hydroxylation is 2. The zero-order valence-electron chi connectivity index (χ0n) is 20.1. The molecule has 36 heavy (non-hydrogen) atoms. The summed E-state index contributed by atoms with van der Waals surface area (Å²) in [7, 11) is 0. The van der Waals surface area contributed by atoms with Crippen LogP contribution in [0.4, 0.5) is 5.69 Å². The Morgan fingerprint density at radius 2 is 1.94 bits per heavy atom. The normalized spacial score (nSPS) is 20.6. The van der Waals surface area contributed by atoms with Crippen molar-refractivity contribution >= 4 is 57.6 Å². The van der Waals surface area contributed by atoms with Gasteiger partial charge in [0.25, 0.3) is 0 Å². The van der Waals surface area contributed by atoms with Gasteiger partial charge in [0.05, 0.1) is 32.8 Å². The highest BCUT2D eigenvalue weighted by Crippen LogP contribution is 2.42. The fourth-order valence-corrected chi connectivity index (χ4v) is 7.02. The Labute approximate surface area is 223 Å². The largest absolute Gasteiger partial charge is 0.361 e. The van der Waals surface area contributed by atoms with Crippen LogP contribution in [0.2, 0.25) is 10.0 Å². The van der Waals surface area contributed by atoms with Crippen molar-refractivity contribution in [2.45, 2.75) is 51.6 Å². The quantitative estimate of drug-likeness (QED) is 0.267. The molecule has 2 atom stereocenters. The molecule has 2 aromatic carbocycles. The molecule has 4 aromatic rings. The fourth-order valence-electron chi connectivity index (χ4n) is 5.60. The summed E-state index contributed by atoms with van der Waals surface area (Å²) in [6.45, 7) is 3.89. The van der Waals surface area contributed by atoms with Crippen LogP contribution in [0.1, 0.15) is 55.0 Å². The SMILES string of the molecule is Cc1noc(C)c1-c1ccc2c(c1)nc([C@@H]1CCC(=O)N1c1ccc(Cl)c(Cl)c1)n2C1CCCSC1. The molecule has 2 saturated heterocycles. The number of benzene rings is 2. The van der Waals surface area contributed by atoms with Gasteiger partial charge in [0, 0.05) is 29.5 Å². The molecule has 6 rings (SSSR count). The highest BCUT2D eigenvalue weighted by atomic mass is 35.5. The highest BCUT2D eigenvalue weighted by Gasteiger charge is 2.38. The third-order valence-corrected chi connectivity index (χ3v) is 9.17. The third kappa shape index (κ3) is 4.01. The van der Waals surface area contributed by atoms with E-state index in [1.54, 1.807) is 12.1 Å². The smallest absolute Gasteiger partial charge is 0.227 e. The molecular formula is C27H26Cl2N4O2S. The molecular weight excluding hydrogens is 515 g/mol. The van der Waals surface area contributed by atoms with Crippen LogP contribution in [0.5, 0.6) is 0 Å². The summed E-state index contributed by atoms with van der Waals surface area (Å²) < 4.78 is 7.81. The minimum atomic E-state index is -0.170. The lowest BCUT2D eigenvalue weighted by Gasteiger charge is -2.30. The molecule has 0 aliphatic carbocycles. The Kier molecular flexibility index (Phi) is 6.26. The summed E-state index contributed by atoms with van der Waals surface area (Å²) in [6, 6.07) is 12.0. The number of halogens is 2. The van der Waals surface area contributed by atoms with Crippen molar-refractivity contribution in [1.82, 2.24) is 14.7 Å². The van der Waals surface area contributed by atoms with E-state index in [0.29, 0.717) is 28.9 Å². The first kappa shape index (κ1) is 23.9. The molecule has 2 aliphatic heterocycles. The number of imidazole rings is 1. The highest BCUT2D eigenvalue weighted by molar-refractivity contribution is 7.99. The zero-order chi connectivity index (χ0) is 25.0. The number of nitrogens with zero attached hydrogens (tertiary/aromatic N) is 4. The van der Waals surface area contributed by atoms with Gasteiger partial charge in [0.2, 0.25) is 5.91 Å². The molecule has 2 aliphatic rings. The van der Waals surface area contributed by atoms with Gasteiger partial charge in [-0.05, 0) is 74.8 Å². The number of anilines is 1. The van der Waals surface area contributed by atoms with Crippen LogP contribution < -0.4 is 4.90 Å². The van der Waals surface area contributed by atoms with E-state index in [1.165, 1.54) is 12.2 Å². The minimum absolute atomic E-state index is 0.0754. The summed E-state index contributed by atoms with van der Waals surface area (Å²) in [4.78, 5) is 20.2. The van der Waals surface area contributed by atoms with E-state index in [4.69, 9.17) is 32.7 Å². The van der Waals surface area contributed by atoms with Gasteiger partial charge in [0.1, 0.15) is 11.6 Å². The maximum Gasteiger partial charge on any atom is 0.227 e. The molecule has 2 aromatic heterocycles. The Balaban J connectivity index is 1.51. The molecule has 0 radical (unpaired) electrons. The first-order valence-corrected chi connectivity index (χ1v) is 14.1. The lowest BCUT2D eigenvalue weighted by Crippen LogP contribution is -2.30. The average Bonchev–Trinajstić information content (AvgIpc) is 3.55. The molecule has 2 fully saturated rings. The number of aromatic nitrogens is 3. The predicted molar refractivity (Wildman–Crippen MR) is 146 cm³/mol. The number of carbonyl (C=O) groups excluding carboxylic acids is 1. The second-order valence-corrected chi connectivity index (χ2v) is 11.5. The lowest BCUT2D eigenvalue weighted by molar-refractivity contribution is -0.117. The predicted octanol–water partition coefficient (Wildman–Crippen LogP) is 7.55. The third-order valence-electron chi connectivity index (χ3n) is 7.23. The minimum Gasteiger partial charge on any atom is -0.361 e. The van der Waals surface area contributed by atoms with Gasteiger partial charge < -0.3 is 14.0 Å². The van der Waals surface area contributed by atoms with Gasteiger partial charge >= 0.3 is 0 Å². The van der Waals surface area contributed by atoms with Crippen LogP contribution in [0.3, 0.4) is 0 Å². The Morgan fingerprint density at radius 3 is 2.67 bits per heavy atom. The molecule has 1 amide bonds. The van der Waals surface area contributed by atoms with Gasteiger partial charge in [0.15, 0.2) is 0 Å². The average molecular weight is 542 g/mol. The molecule has 0 saturated carbocycles. The van der Waals surface area contributed by atoms with E-state index in [9.17, 15) is 4.79 Å². The van der Waals surface area contributed by atoms with Crippen molar-refractivity contribution in [2.75, 3.05) is 16.4 Å². The second kappa shape index (κ2) is 9.43. The molecule has 9 heteroatoms. The molecule has 186 valence electrons. The maximum absolute atomic E-state index is 13.1. The van der Waals surface area contributed by atoms with Crippen LogP contribution in [-0.4, -0.2) is 32.1 Å². The molecule has 0 N–H and O–H groups in total. The summed E-state index contributed by atoms with van der Waals surface area (Å²) in [6.07, 6.45) is 3.45. The molecule has 0 spiro atoms. The number of hydrogen-bond donors (Lipinski definition) is 0. The number of carbonyl (C=O) groups is 1. The number of fused-ring (bicyclic) bond motifs is 1. The first-order valence-electron chi connectivity index (χ1n) is 12.2. The standard InChI is InChI=1S/C27H26Cl2N4O2S/c1-15-26(16(2)35-31-15)17-5-8-23-22(12-17)30-27(33(23)19-4-3-11-36-14-19)24-9-10-25(34)32(24)18-6-7-20(28)21(29)13-18/h5-8,12-13,19,24H,3-4,9-11,14H2,1-2H3/t19?,24-/m0/s1. The fraction of sp³-hybridized carbons (Fsp3) is 0.370. The van der Waals surface area contributed by atoms with Crippen LogP contribution >= 0.6 is 35.0 Å². The Morgan fingerprint density at radius 1 is 1.08 bits per heavy atom. The van der Waals surface area contributed by atoms with E-state index in [1.807, 2.05) is 36.6 Å². The van der Waals surface area contributed by atoms with Crippen molar-refractivity contribution in [1.29, 1.82) is 0 Å². The maximum atomic E-state index is 13.1. The summed E-state index contributed by atoms with van der Waals surface area (Å²) in [5.74, 6) is 4.03.